The molecule has 2 rings (SSSR count). The number of carboxylic acid groups (broad SMARTS) is 1. The lowest BCUT2D eigenvalue weighted by Gasteiger charge is -2.11. The Morgan fingerprint density at radius 1 is 1.47 bits per heavy atom. The van der Waals surface area contributed by atoms with Crippen LogP contribution in [-0.4, -0.2) is 22.7 Å². The number of furan rings is 1. The molecule has 0 radical (unpaired) electrons. The summed E-state index contributed by atoms with van der Waals surface area (Å²) in [5.74, 6) is -0.888. The van der Waals surface area contributed by atoms with E-state index in [-0.39, 0.29) is 6.61 Å². The number of pyridine rings is 1. The molecule has 17 heavy (non-hydrogen) atoms. The molecular formula is C12H11NO4. The van der Waals surface area contributed by atoms with Gasteiger partial charge in [-0.15, -0.1) is 0 Å². The normalized spacial score (nSPS) is 12.0. The van der Waals surface area contributed by atoms with E-state index in [9.17, 15) is 4.79 Å². The van der Waals surface area contributed by atoms with Crippen LogP contribution in [0.25, 0.3) is 0 Å². The topological polar surface area (TPSA) is 72.6 Å². The second-order valence-corrected chi connectivity index (χ2v) is 3.41. The second-order valence-electron chi connectivity index (χ2n) is 3.41. The molecule has 1 unspecified atom stereocenters. The molecule has 0 spiro atoms. The molecule has 88 valence electrons. The van der Waals surface area contributed by atoms with Gasteiger partial charge in [0.05, 0.1) is 12.5 Å². The van der Waals surface area contributed by atoms with Gasteiger partial charge < -0.3 is 14.3 Å². The average Bonchev–Trinajstić information content (AvgIpc) is 2.84. The van der Waals surface area contributed by atoms with Crippen molar-refractivity contribution in [3.63, 3.8) is 0 Å². The van der Waals surface area contributed by atoms with E-state index in [1.807, 2.05) is 0 Å². The minimum absolute atomic E-state index is 0.00847. The highest BCUT2D eigenvalue weighted by molar-refractivity contribution is 5.75. The van der Waals surface area contributed by atoms with Crippen molar-refractivity contribution in [3.8, 4) is 5.75 Å². The van der Waals surface area contributed by atoms with Crippen LogP contribution in [0.3, 0.4) is 0 Å². The highest BCUT2D eigenvalue weighted by atomic mass is 16.5. The first-order valence-electron chi connectivity index (χ1n) is 5.06. The first kappa shape index (κ1) is 11.2. The summed E-state index contributed by atoms with van der Waals surface area (Å²) >= 11 is 0. The molecule has 0 bridgehead atoms. The molecular weight excluding hydrogens is 222 g/mol. The Morgan fingerprint density at radius 2 is 2.35 bits per heavy atom. The lowest BCUT2D eigenvalue weighted by atomic mass is 10.1. The smallest absolute Gasteiger partial charge is 0.317 e. The second kappa shape index (κ2) is 5.16. The Morgan fingerprint density at radius 3 is 2.94 bits per heavy atom. The summed E-state index contributed by atoms with van der Waals surface area (Å²) in [6.07, 6.45) is 4.59. The number of nitrogens with zero attached hydrogens (tertiary/aromatic N) is 1. The number of aromatic nitrogens is 1. The van der Waals surface area contributed by atoms with Crippen molar-refractivity contribution in [1.82, 2.24) is 4.98 Å². The highest BCUT2D eigenvalue weighted by Gasteiger charge is 2.23. The number of rotatable bonds is 5. The van der Waals surface area contributed by atoms with Gasteiger partial charge in [-0.3, -0.25) is 9.78 Å². The molecule has 2 aromatic rings. The van der Waals surface area contributed by atoms with Crippen molar-refractivity contribution in [3.05, 3.63) is 48.7 Å². The van der Waals surface area contributed by atoms with Crippen LogP contribution >= 0.6 is 0 Å². The van der Waals surface area contributed by atoms with Gasteiger partial charge >= 0.3 is 5.97 Å². The maximum absolute atomic E-state index is 11.1. The molecule has 5 heteroatoms. The maximum atomic E-state index is 11.1. The fraction of sp³-hybridized carbons (Fsp3) is 0.167. The van der Waals surface area contributed by atoms with E-state index in [4.69, 9.17) is 14.3 Å². The van der Waals surface area contributed by atoms with Crippen LogP contribution in [0.4, 0.5) is 0 Å². The van der Waals surface area contributed by atoms with E-state index in [0.717, 1.165) is 0 Å². The minimum Gasteiger partial charge on any atom is -0.491 e. The van der Waals surface area contributed by atoms with Gasteiger partial charge in [0.2, 0.25) is 0 Å². The number of carboxylic acids is 1. The summed E-state index contributed by atoms with van der Waals surface area (Å²) in [7, 11) is 0. The molecule has 0 aliphatic carbocycles. The van der Waals surface area contributed by atoms with Crippen molar-refractivity contribution in [2.75, 3.05) is 6.61 Å². The lowest BCUT2D eigenvalue weighted by Crippen LogP contribution is -2.19. The molecule has 0 fully saturated rings. The summed E-state index contributed by atoms with van der Waals surface area (Å²) in [6.45, 7) is 0.00847. The molecule has 1 atom stereocenters. The molecule has 1 N–H and O–H groups in total. The largest absolute Gasteiger partial charge is 0.491 e. The van der Waals surface area contributed by atoms with Crippen LogP contribution in [0.5, 0.6) is 5.75 Å². The van der Waals surface area contributed by atoms with Crippen LogP contribution in [0, 0.1) is 0 Å². The highest BCUT2D eigenvalue weighted by Crippen LogP contribution is 2.18. The number of ether oxygens (including phenoxy) is 1. The first-order chi connectivity index (χ1) is 8.27. The van der Waals surface area contributed by atoms with Crippen molar-refractivity contribution in [1.29, 1.82) is 0 Å². The summed E-state index contributed by atoms with van der Waals surface area (Å²) < 4.78 is 10.4. The standard InChI is InChI=1S/C12H11NO4/c14-12(15)10(11-4-2-6-16-11)8-17-9-3-1-5-13-7-9/h1-7,10H,8H2,(H,14,15). The maximum Gasteiger partial charge on any atom is 0.317 e. The van der Waals surface area contributed by atoms with E-state index in [1.54, 1.807) is 30.5 Å². The monoisotopic (exact) mass is 233 g/mol. The van der Waals surface area contributed by atoms with Crippen LogP contribution in [0.2, 0.25) is 0 Å². The predicted molar refractivity (Wildman–Crippen MR) is 58.8 cm³/mol. The third-order valence-corrected chi connectivity index (χ3v) is 2.24. The Balaban J connectivity index is 2.03. The third-order valence-electron chi connectivity index (χ3n) is 2.24. The fourth-order valence-electron chi connectivity index (χ4n) is 1.38. The molecule has 0 saturated heterocycles. The van der Waals surface area contributed by atoms with Crippen LogP contribution in [0.1, 0.15) is 11.7 Å². The minimum atomic E-state index is -0.983. The molecule has 0 aliphatic heterocycles. The Bertz CT molecular complexity index is 467. The van der Waals surface area contributed by atoms with Gasteiger partial charge in [-0.05, 0) is 24.3 Å². The van der Waals surface area contributed by atoms with Gasteiger partial charge in [0.25, 0.3) is 0 Å². The molecule has 2 heterocycles. The third kappa shape index (κ3) is 2.84. The number of aliphatic carboxylic acids is 1. The van der Waals surface area contributed by atoms with Crippen LogP contribution in [-0.2, 0) is 4.79 Å². The summed E-state index contributed by atoms with van der Waals surface area (Å²) in [5.41, 5.74) is 0. The van der Waals surface area contributed by atoms with E-state index in [0.29, 0.717) is 11.5 Å². The first-order valence-corrected chi connectivity index (χ1v) is 5.06. The molecule has 0 aromatic carbocycles. The SMILES string of the molecule is O=C(O)C(COc1cccnc1)c1ccco1. The molecule has 5 nitrogen and oxygen atoms in total. The molecule has 0 aliphatic rings. The van der Waals surface area contributed by atoms with Crippen molar-refractivity contribution < 1.29 is 19.1 Å². The van der Waals surface area contributed by atoms with E-state index in [2.05, 4.69) is 4.98 Å². The van der Waals surface area contributed by atoms with Crippen LogP contribution < -0.4 is 4.74 Å². The number of hydrogen-bond acceptors (Lipinski definition) is 4. The zero-order valence-corrected chi connectivity index (χ0v) is 8.95. The quantitative estimate of drug-likeness (QED) is 0.854. The lowest BCUT2D eigenvalue weighted by molar-refractivity contribution is -0.140. The van der Waals surface area contributed by atoms with E-state index < -0.39 is 11.9 Å². The van der Waals surface area contributed by atoms with Crippen molar-refractivity contribution in [2.45, 2.75) is 5.92 Å². The van der Waals surface area contributed by atoms with Gasteiger partial charge in [-0.1, -0.05) is 0 Å². The fourth-order valence-corrected chi connectivity index (χ4v) is 1.38. The zero-order valence-electron chi connectivity index (χ0n) is 8.95. The zero-order chi connectivity index (χ0) is 12.1. The van der Waals surface area contributed by atoms with Gasteiger partial charge in [-0.25, -0.2) is 0 Å². The van der Waals surface area contributed by atoms with E-state index in [1.165, 1.54) is 12.5 Å². The van der Waals surface area contributed by atoms with Crippen molar-refractivity contribution >= 4 is 5.97 Å². The number of carbonyl (C=O) groups is 1. The van der Waals surface area contributed by atoms with Gasteiger partial charge in [0.1, 0.15) is 24.0 Å². The average molecular weight is 233 g/mol. The van der Waals surface area contributed by atoms with E-state index >= 15 is 0 Å². The van der Waals surface area contributed by atoms with Gasteiger partial charge in [-0.2, -0.15) is 0 Å². The Hall–Kier alpha value is -2.30. The summed E-state index contributed by atoms with van der Waals surface area (Å²) in [5, 5.41) is 9.07. The molecule has 2 aromatic heterocycles. The Kier molecular flexibility index (Phi) is 3.40. The van der Waals surface area contributed by atoms with Crippen molar-refractivity contribution in [2.24, 2.45) is 0 Å². The Labute approximate surface area is 97.7 Å². The molecule has 0 saturated carbocycles. The summed E-state index contributed by atoms with van der Waals surface area (Å²) in [6, 6.07) is 6.70. The molecule has 0 amide bonds. The number of hydrogen-bond donors (Lipinski definition) is 1. The van der Waals surface area contributed by atoms with Gasteiger partial charge in [0, 0.05) is 6.20 Å². The van der Waals surface area contributed by atoms with Crippen LogP contribution in [0.15, 0.2) is 47.3 Å². The summed E-state index contributed by atoms with van der Waals surface area (Å²) in [4.78, 5) is 14.9. The predicted octanol–water partition coefficient (Wildman–Crippen LogP) is 1.92. The van der Waals surface area contributed by atoms with Gasteiger partial charge in [0.15, 0.2) is 0 Å².